The minimum Gasteiger partial charge on any atom is -0.478 e. The quantitative estimate of drug-likeness (QED) is 0.367. The van der Waals surface area contributed by atoms with Crippen molar-refractivity contribution in [2.75, 3.05) is 18.5 Å². The van der Waals surface area contributed by atoms with Gasteiger partial charge in [0.2, 0.25) is 5.91 Å². The molecule has 1 aliphatic carbocycles. The number of rotatable bonds is 8. The summed E-state index contributed by atoms with van der Waals surface area (Å²) in [6, 6.07) is 21.2. The van der Waals surface area contributed by atoms with Gasteiger partial charge in [-0.15, -0.1) is 0 Å². The molecular weight excluding hydrogens is 428 g/mol. The summed E-state index contributed by atoms with van der Waals surface area (Å²) in [5, 5.41) is 13.2. The van der Waals surface area contributed by atoms with Gasteiger partial charge in [-0.05, 0) is 84.8 Å². The molecule has 2 N–H and O–H groups in total. The molecule has 5 rings (SSSR count). The maximum atomic E-state index is 12.3. The topological polar surface area (TPSA) is 80.6 Å². The zero-order valence-corrected chi connectivity index (χ0v) is 18.8. The molecule has 4 aromatic rings. The predicted octanol–water partition coefficient (Wildman–Crippen LogP) is 5.02. The minimum atomic E-state index is -0.959. The first-order chi connectivity index (χ1) is 16.6. The van der Waals surface area contributed by atoms with Crippen molar-refractivity contribution < 1.29 is 19.4 Å². The highest BCUT2D eigenvalue weighted by molar-refractivity contribution is 5.95. The van der Waals surface area contributed by atoms with Crippen molar-refractivity contribution in [1.82, 2.24) is 4.57 Å². The van der Waals surface area contributed by atoms with E-state index in [4.69, 9.17) is 4.74 Å². The zero-order chi connectivity index (χ0) is 23.5. The van der Waals surface area contributed by atoms with E-state index in [-0.39, 0.29) is 18.1 Å². The van der Waals surface area contributed by atoms with Gasteiger partial charge in [-0.1, -0.05) is 24.3 Å². The number of aryl methyl sites for hydroxylation is 2. The Hall–Kier alpha value is -3.90. The molecule has 0 saturated heterocycles. The number of carbonyl (C=O) groups excluding carboxylic acids is 1. The van der Waals surface area contributed by atoms with Crippen LogP contribution in [0.2, 0.25) is 0 Å². The van der Waals surface area contributed by atoms with Crippen LogP contribution >= 0.6 is 0 Å². The standard InChI is InChI=1S/C28H26N2O4/c31-27(29-23-11-9-19-5-4-6-20(19)15-23)18-34-14-13-22-17-30(24-7-2-1-3-8-24)26-12-10-21(28(32)33)16-25(22)26/h1-3,7-12,15-17H,4-6,13-14,18H2,(H,29,31)(H,32,33). The van der Waals surface area contributed by atoms with Gasteiger partial charge in [0, 0.05) is 23.0 Å². The van der Waals surface area contributed by atoms with Gasteiger partial charge in [0.05, 0.1) is 17.7 Å². The lowest BCUT2D eigenvalue weighted by Crippen LogP contribution is -2.19. The van der Waals surface area contributed by atoms with Gasteiger partial charge in [-0.3, -0.25) is 4.79 Å². The predicted molar refractivity (Wildman–Crippen MR) is 132 cm³/mol. The molecule has 0 atom stereocenters. The summed E-state index contributed by atoms with van der Waals surface area (Å²) in [5.41, 5.74) is 6.64. The number of amides is 1. The van der Waals surface area contributed by atoms with Gasteiger partial charge in [-0.2, -0.15) is 0 Å². The third-order valence-corrected chi connectivity index (χ3v) is 6.30. The van der Waals surface area contributed by atoms with E-state index < -0.39 is 5.97 Å². The van der Waals surface area contributed by atoms with Crippen molar-refractivity contribution >= 4 is 28.5 Å². The molecule has 0 aliphatic heterocycles. The van der Waals surface area contributed by atoms with Gasteiger partial charge < -0.3 is 19.7 Å². The molecule has 0 radical (unpaired) electrons. The maximum Gasteiger partial charge on any atom is 0.335 e. The van der Waals surface area contributed by atoms with Crippen LogP contribution in [0.1, 0.15) is 33.5 Å². The Balaban J connectivity index is 1.25. The number of carbonyl (C=O) groups is 2. The van der Waals surface area contributed by atoms with E-state index in [0.29, 0.717) is 13.0 Å². The molecule has 1 aliphatic rings. The number of aromatic nitrogens is 1. The zero-order valence-electron chi connectivity index (χ0n) is 18.8. The second kappa shape index (κ2) is 9.53. The average Bonchev–Trinajstić information content (AvgIpc) is 3.46. The number of carboxylic acids is 1. The second-order valence-corrected chi connectivity index (χ2v) is 8.58. The van der Waals surface area contributed by atoms with Crippen molar-refractivity contribution in [1.29, 1.82) is 0 Å². The Morgan fingerprint density at radius 3 is 2.62 bits per heavy atom. The first-order valence-corrected chi connectivity index (χ1v) is 11.5. The molecule has 0 fully saturated rings. The number of benzene rings is 3. The molecule has 0 unspecified atom stereocenters. The van der Waals surface area contributed by atoms with E-state index in [0.717, 1.165) is 40.7 Å². The van der Waals surface area contributed by atoms with Gasteiger partial charge in [-0.25, -0.2) is 4.79 Å². The van der Waals surface area contributed by atoms with Crippen LogP contribution in [0.15, 0.2) is 72.9 Å². The average molecular weight is 455 g/mol. The molecule has 172 valence electrons. The van der Waals surface area contributed by atoms with E-state index in [1.54, 1.807) is 12.1 Å². The molecule has 6 heteroatoms. The molecule has 1 amide bonds. The van der Waals surface area contributed by atoms with Gasteiger partial charge in [0.25, 0.3) is 0 Å². The summed E-state index contributed by atoms with van der Waals surface area (Å²) in [6.45, 7) is 0.317. The molecule has 0 saturated carbocycles. The summed E-state index contributed by atoms with van der Waals surface area (Å²) in [4.78, 5) is 23.8. The lowest BCUT2D eigenvalue weighted by atomic mass is 10.1. The fourth-order valence-electron chi connectivity index (χ4n) is 4.63. The van der Waals surface area contributed by atoms with Crippen molar-refractivity contribution in [2.45, 2.75) is 25.7 Å². The molecule has 1 heterocycles. The molecule has 1 aromatic heterocycles. The number of hydrogen-bond acceptors (Lipinski definition) is 3. The number of anilines is 1. The Bertz CT molecular complexity index is 1360. The highest BCUT2D eigenvalue weighted by Gasteiger charge is 2.14. The van der Waals surface area contributed by atoms with E-state index in [9.17, 15) is 14.7 Å². The fraction of sp³-hybridized carbons (Fsp3) is 0.214. The molecule has 3 aromatic carbocycles. The molecule has 0 bridgehead atoms. The Morgan fingerprint density at radius 2 is 1.79 bits per heavy atom. The monoisotopic (exact) mass is 454 g/mol. The number of fused-ring (bicyclic) bond motifs is 2. The lowest BCUT2D eigenvalue weighted by molar-refractivity contribution is -0.120. The number of para-hydroxylation sites is 1. The maximum absolute atomic E-state index is 12.3. The van der Waals surface area contributed by atoms with Crippen LogP contribution in [0.3, 0.4) is 0 Å². The number of nitrogens with one attached hydrogen (secondary N) is 1. The van der Waals surface area contributed by atoms with Crippen LogP contribution in [-0.4, -0.2) is 34.8 Å². The second-order valence-electron chi connectivity index (χ2n) is 8.58. The molecule has 6 nitrogen and oxygen atoms in total. The minimum absolute atomic E-state index is 0.0329. The van der Waals surface area contributed by atoms with Gasteiger partial charge >= 0.3 is 5.97 Å². The van der Waals surface area contributed by atoms with Crippen LogP contribution in [0, 0.1) is 0 Å². The number of hydrogen-bond donors (Lipinski definition) is 2. The van der Waals surface area contributed by atoms with Crippen molar-refractivity contribution in [2.24, 2.45) is 0 Å². The van der Waals surface area contributed by atoms with E-state index in [1.807, 2.05) is 48.7 Å². The number of ether oxygens (including phenoxy) is 1. The summed E-state index contributed by atoms with van der Waals surface area (Å²) in [7, 11) is 0. The summed E-state index contributed by atoms with van der Waals surface area (Å²) in [5.74, 6) is -1.14. The smallest absolute Gasteiger partial charge is 0.335 e. The fourth-order valence-corrected chi connectivity index (χ4v) is 4.63. The first-order valence-electron chi connectivity index (χ1n) is 11.5. The first kappa shape index (κ1) is 21.9. The van der Waals surface area contributed by atoms with E-state index in [1.165, 1.54) is 17.5 Å². The van der Waals surface area contributed by atoms with Crippen molar-refractivity contribution in [3.8, 4) is 5.69 Å². The molecular formula is C28H26N2O4. The van der Waals surface area contributed by atoms with Gasteiger partial charge in [0.1, 0.15) is 6.61 Å². The Labute approximate surface area is 197 Å². The number of aromatic carboxylic acids is 1. The largest absolute Gasteiger partial charge is 0.478 e. The summed E-state index contributed by atoms with van der Waals surface area (Å²) < 4.78 is 7.72. The van der Waals surface area contributed by atoms with Gasteiger partial charge in [0.15, 0.2) is 0 Å². The number of carboxylic acid groups (broad SMARTS) is 1. The van der Waals surface area contributed by atoms with Crippen LogP contribution < -0.4 is 5.32 Å². The summed E-state index contributed by atoms with van der Waals surface area (Å²) >= 11 is 0. The highest BCUT2D eigenvalue weighted by Crippen LogP contribution is 2.27. The molecule has 0 spiro atoms. The van der Waals surface area contributed by atoms with E-state index in [2.05, 4.69) is 22.0 Å². The van der Waals surface area contributed by atoms with Crippen LogP contribution in [0.5, 0.6) is 0 Å². The summed E-state index contributed by atoms with van der Waals surface area (Å²) in [6.07, 6.45) is 5.92. The molecule has 34 heavy (non-hydrogen) atoms. The van der Waals surface area contributed by atoms with Crippen molar-refractivity contribution in [3.63, 3.8) is 0 Å². The highest BCUT2D eigenvalue weighted by atomic mass is 16.5. The lowest BCUT2D eigenvalue weighted by Gasteiger charge is -2.08. The van der Waals surface area contributed by atoms with Crippen LogP contribution in [0.25, 0.3) is 16.6 Å². The van der Waals surface area contributed by atoms with Crippen LogP contribution in [0.4, 0.5) is 5.69 Å². The Morgan fingerprint density at radius 1 is 0.971 bits per heavy atom. The van der Waals surface area contributed by atoms with Crippen molar-refractivity contribution in [3.05, 3.63) is 95.2 Å². The Kier molecular flexibility index (Phi) is 6.14. The van der Waals surface area contributed by atoms with E-state index >= 15 is 0 Å². The van der Waals surface area contributed by atoms with Crippen LogP contribution in [-0.2, 0) is 28.8 Å². The SMILES string of the molecule is O=C(COCCc1cn(-c2ccccc2)c2ccc(C(=O)O)cc12)Nc1ccc2c(c1)CCC2. The number of nitrogens with zero attached hydrogens (tertiary/aromatic N) is 1. The third-order valence-electron chi connectivity index (χ3n) is 6.30. The normalized spacial score (nSPS) is 12.6. The third kappa shape index (κ3) is 4.58.